The summed E-state index contributed by atoms with van der Waals surface area (Å²) in [5.41, 5.74) is 0. The van der Waals surface area contributed by atoms with E-state index in [-0.39, 0.29) is 37.8 Å². The van der Waals surface area contributed by atoms with Crippen LogP contribution in [0.4, 0.5) is 5.82 Å². The van der Waals surface area contributed by atoms with Crippen LogP contribution in [0.1, 0.15) is 57.7 Å². The molecule has 0 amide bonds. The van der Waals surface area contributed by atoms with Crippen molar-refractivity contribution in [1.29, 1.82) is 0 Å². The summed E-state index contributed by atoms with van der Waals surface area (Å²) in [5.74, 6) is -0.408. The maximum absolute atomic E-state index is 11.7. The Morgan fingerprint density at radius 3 is 2.38 bits per heavy atom. The predicted octanol–water partition coefficient (Wildman–Crippen LogP) is 2.94. The smallest absolute Gasteiger partial charge is 0.342 e. The highest BCUT2D eigenvalue weighted by molar-refractivity contribution is 5.72. The molecule has 0 aliphatic carbocycles. The lowest BCUT2D eigenvalue weighted by atomic mass is 10.2. The van der Waals surface area contributed by atoms with Crippen molar-refractivity contribution in [2.75, 3.05) is 13.2 Å². The quantitative estimate of drug-likeness (QED) is 0.227. The molecule has 0 atom stereocenters. The predicted molar refractivity (Wildman–Crippen MR) is 93.5 cm³/mol. The molecule has 9 heteroatoms. The largest absolute Gasteiger partial charge is 0.466 e. The molecule has 0 aliphatic rings. The fourth-order valence-electron chi connectivity index (χ4n) is 2.37. The van der Waals surface area contributed by atoms with Gasteiger partial charge in [-0.25, -0.2) is 9.55 Å². The standard InChI is InChI=1S/C17H27N3O6/c1-3-4-5-6-11-25-16(21)8-7-9-17(22)26-12-10-19-14(2)18-13-15(19)20(23)24/h13H,3-12H2,1-2H3. The third kappa shape index (κ3) is 8.09. The number of nitrogens with zero attached hydrogens (tertiary/aromatic N) is 3. The molecule has 0 bridgehead atoms. The zero-order valence-corrected chi connectivity index (χ0v) is 15.4. The van der Waals surface area contributed by atoms with Gasteiger partial charge in [-0.15, -0.1) is 0 Å². The molecule has 0 aromatic carbocycles. The van der Waals surface area contributed by atoms with Crippen LogP contribution in [-0.2, 0) is 25.6 Å². The molecular weight excluding hydrogens is 342 g/mol. The minimum atomic E-state index is -0.532. The monoisotopic (exact) mass is 369 g/mol. The van der Waals surface area contributed by atoms with Crippen LogP contribution in [0, 0.1) is 17.0 Å². The first-order chi connectivity index (χ1) is 12.5. The third-order valence-electron chi connectivity index (χ3n) is 3.82. The van der Waals surface area contributed by atoms with Crippen LogP contribution < -0.4 is 0 Å². The Labute approximate surface area is 152 Å². The molecule has 0 aliphatic heterocycles. The van der Waals surface area contributed by atoms with E-state index in [1.807, 2.05) is 0 Å². The van der Waals surface area contributed by atoms with Gasteiger partial charge < -0.3 is 19.6 Å². The average molecular weight is 369 g/mol. The molecule has 0 saturated carbocycles. The number of esters is 2. The Balaban J connectivity index is 2.15. The lowest BCUT2D eigenvalue weighted by molar-refractivity contribution is -0.392. The molecule has 26 heavy (non-hydrogen) atoms. The molecule has 0 saturated heterocycles. The van der Waals surface area contributed by atoms with Gasteiger partial charge >= 0.3 is 17.8 Å². The van der Waals surface area contributed by atoms with E-state index in [9.17, 15) is 19.7 Å². The average Bonchev–Trinajstić information content (AvgIpc) is 2.96. The van der Waals surface area contributed by atoms with Crippen LogP contribution in [0.15, 0.2) is 6.20 Å². The summed E-state index contributed by atoms with van der Waals surface area (Å²) in [6, 6.07) is 0. The number of ether oxygens (including phenoxy) is 2. The number of aryl methyl sites for hydroxylation is 1. The topological polar surface area (TPSA) is 114 Å². The van der Waals surface area contributed by atoms with Gasteiger partial charge in [-0.3, -0.25) is 9.59 Å². The number of hydrogen-bond donors (Lipinski definition) is 0. The van der Waals surface area contributed by atoms with E-state index in [1.165, 1.54) is 10.8 Å². The van der Waals surface area contributed by atoms with E-state index in [0.717, 1.165) is 25.7 Å². The highest BCUT2D eigenvalue weighted by atomic mass is 16.6. The van der Waals surface area contributed by atoms with Crippen LogP contribution in [0.2, 0.25) is 0 Å². The van der Waals surface area contributed by atoms with Crippen molar-refractivity contribution in [3.05, 3.63) is 22.1 Å². The second-order valence-electron chi connectivity index (χ2n) is 5.93. The first-order valence-electron chi connectivity index (χ1n) is 8.93. The number of carbonyl (C=O) groups is 2. The van der Waals surface area contributed by atoms with E-state index >= 15 is 0 Å². The SMILES string of the molecule is CCCCCCOC(=O)CCCC(=O)OCCn1c([N+](=O)[O-])cnc1C. The van der Waals surface area contributed by atoms with Gasteiger partial charge in [0.15, 0.2) is 5.82 Å². The molecule has 0 radical (unpaired) electrons. The molecule has 1 heterocycles. The van der Waals surface area contributed by atoms with E-state index in [0.29, 0.717) is 18.9 Å². The fourth-order valence-corrected chi connectivity index (χ4v) is 2.37. The molecule has 1 aromatic rings. The molecule has 1 rings (SSSR count). The number of carbonyl (C=O) groups excluding carboxylic acids is 2. The van der Waals surface area contributed by atoms with Crippen molar-refractivity contribution < 1.29 is 24.0 Å². The molecule has 1 aromatic heterocycles. The highest BCUT2D eigenvalue weighted by Gasteiger charge is 2.17. The Bertz CT molecular complexity index is 599. The Morgan fingerprint density at radius 2 is 1.77 bits per heavy atom. The lowest BCUT2D eigenvalue weighted by Gasteiger charge is -2.06. The zero-order valence-electron chi connectivity index (χ0n) is 15.4. The first kappa shape index (κ1) is 21.6. The number of imidazole rings is 1. The lowest BCUT2D eigenvalue weighted by Crippen LogP contribution is -2.14. The number of unbranched alkanes of at least 4 members (excludes halogenated alkanes) is 3. The minimum Gasteiger partial charge on any atom is -0.466 e. The van der Waals surface area contributed by atoms with Crippen LogP contribution in [0.5, 0.6) is 0 Å². The van der Waals surface area contributed by atoms with Crippen LogP contribution in [0.25, 0.3) is 0 Å². The van der Waals surface area contributed by atoms with Crippen molar-refractivity contribution in [2.24, 2.45) is 0 Å². The second-order valence-corrected chi connectivity index (χ2v) is 5.93. The first-order valence-corrected chi connectivity index (χ1v) is 8.93. The van der Waals surface area contributed by atoms with Crippen molar-refractivity contribution >= 4 is 17.8 Å². The maximum Gasteiger partial charge on any atom is 0.342 e. The van der Waals surface area contributed by atoms with Crippen LogP contribution in [0.3, 0.4) is 0 Å². The summed E-state index contributed by atoms with van der Waals surface area (Å²) in [7, 11) is 0. The summed E-state index contributed by atoms with van der Waals surface area (Å²) in [4.78, 5) is 37.4. The number of nitro groups is 1. The molecule has 0 N–H and O–H groups in total. The summed E-state index contributed by atoms with van der Waals surface area (Å²) in [6.07, 6.45) is 5.98. The van der Waals surface area contributed by atoms with E-state index in [1.54, 1.807) is 6.92 Å². The second kappa shape index (κ2) is 12.0. The summed E-state index contributed by atoms with van der Waals surface area (Å²) >= 11 is 0. The summed E-state index contributed by atoms with van der Waals surface area (Å²) in [6.45, 7) is 4.35. The maximum atomic E-state index is 11.7. The van der Waals surface area contributed by atoms with Crippen molar-refractivity contribution in [3.8, 4) is 0 Å². The molecule has 146 valence electrons. The van der Waals surface area contributed by atoms with Crippen molar-refractivity contribution in [3.63, 3.8) is 0 Å². The van der Waals surface area contributed by atoms with E-state index < -0.39 is 10.9 Å². The zero-order chi connectivity index (χ0) is 19.4. The van der Waals surface area contributed by atoms with Crippen LogP contribution in [-0.4, -0.2) is 39.6 Å². The molecule has 9 nitrogen and oxygen atoms in total. The van der Waals surface area contributed by atoms with Gasteiger partial charge in [0.1, 0.15) is 19.3 Å². The Kier molecular flexibility index (Phi) is 9.96. The minimum absolute atomic E-state index is 0.0126. The normalized spacial score (nSPS) is 10.5. The number of aromatic nitrogens is 2. The number of hydrogen-bond acceptors (Lipinski definition) is 7. The van der Waals surface area contributed by atoms with Gasteiger partial charge in [0.25, 0.3) is 0 Å². The van der Waals surface area contributed by atoms with Gasteiger partial charge in [-0.1, -0.05) is 26.2 Å². The Morgan fingerprint density at radius 1 is 1.12 bits per heavy atom. The van der Waals surface area contributed by atoms with Gasteiger partial charge in [0.2, 0.25) is 0 Å². The van der Waals surface area contributed by atoms with E-state index in [4.69, 9.17) is 9.47 Å². The fraction of sp³-hybridized carbons (Fsp3) is 0.706. The van der Waals surface area contributed by atoms with Gasteiger partial charge in [0.05, 0.1) is 6.61 Å². The van der Waals surface area contributed by atoms with Gasteiger partial charge in [0, 0.05) is 19.8 Å². The van der Waals surface area contributed by atoms with Crippen molar-refractivity contribution in [2.45, 2.75) is 65.3 Å². The molecule has 0 spiro atoms. The van der Waals surface area contributed by atoms with Crippen LogP contribution >= 0.6 is 0 Å². The van der Waals surface area contributed by atoms with Gasteiger partial charge in [-0.2, -0.15) is 0 Å². The molecular formula is C17H27N3O6. The Hall–Kier alpha value is -2.45. The molecule has 0 unspecified atom stereocenters. The van der Waals surface area contributed by atoms with E-state index in [2.05, 4.69) is 11.9 Å². The summed E-state index contributed by atoms with van der Waals surface area (Å²) < 4.78 is 11.5. The third-order valence-corrected chi connectivity index (χ3v) is 3.82. The highest BCUT2D eigenvalue weighted by Crippen LogP contribution is 2.13. The van der Waals surface area contributed by atoms with Crippen molar-refractivity contribution in [1.82, 2.24) is 9.55 Å². The number of rotatable bonds is 13. The van der Waals surface area contributed by atoms with Gasteiger partial charge in [-0.05, 0) is 17.8 Å². The summed E-state index contributed by atoms with van der Waals surface area (Å²) in [5, 5.41) is 10.9. The molecule has 0 fully saturated rings.